The zero-order valence-electron chi connectivity index (χ0n) is 10.2. The Hall–Kier alpha value is -2.52. The first-order chi connectivity index (χ1) is 9.76. The standard InChI is InChI=1S/C11H10N6O2S/c12-13-11(18)9-4-3-7(20-9)6-17-15-10(14-16-17)8-2-1-5-19-8/h1-5H,6,12H2,(H,13,18). The molecule has 0 saturated carbocycles. The van der Waals surface area contributed by atoms with Crippen LogP contribution in [0.2, 0.25) is 0 Å². The number of hydrazine groups is 1. The summed E-state index contributed by atoms with van der Waals surface area (Å²) in [5, 5.41) is 12.0. The molecule has 0 bridgehead atoms. The van der Waals surface area contributed by atoms with Gasteiger partial charge in [0.1, 0.15) is 0 Å². The van der Waals surface area contributed by atoms with E-state index in [0.717, 1.165) is 4.88 Å². The number of nitrogens with two attached hydrogens (primary N) is 1. The third kappa shape index (κ3) is 2.44. The van der Waals surface area contributed by atoms with Crippen LogP contribution in [0, 0.1) is 0 Å². The van der Waals surface area contributed by atoms with Crippen molar-refractivity contribution in [3.05, 3.63) is 40.3 Å². The van der Waals surface area contributed by atoms with E-state index in [1.807, 2.05) is 6.07 Å². The normalized spacial score (nSPS) is 10.7. The van der Waals surface area contributed by atoms with E-state index in [1.165, 1.54) is 16.1 Å². The summed E-state index contributed by atoms with van der Waals surface area (Å²) < 4.78 is 5.19. The first-order valence-corrected chi connectivity index (χ1v) is 6.49. The summed E-state index contributed by atoms with van der Waals surface area (Å²) in [4.78, 5) is 14.2. The maximum atomic E-state index is 11.4. The van der Waals surface area contributed by atoms with Crippen molar-refractivity contribution in [1.29, 1.82) is 0 Å². The molecule has 3 heterocycles. The second-order valence-electron chi connectivity index (χ2n) is 3.86. The molecule has 102 valence electrons. The Morgan fingerprint density at radius 2 is 2.35 bits per heavy atom. The molecule has 0 aliphatic heterocycles. The van der Waals surface area contributed by atoms with Crippen LogP contribution in [-0.4, -0.2) is 26.1 Å². The number of carbonyl (C=O) groups is 1. The number of aromatic nitrogens is 4. The second-order valence-corrected chi connectivity index (χ2v) is 5.03. The lowest BCUT2D eigenvalue weighted by molar-refractivity contribution is 0.0957. The quantitative estimate of drug-likeness (QED) is 0.414. The lowest BCUT2D eigenvalue weighted by atomic mass is 10.4. The molecule has 3 aromatic rings. The van der Waals surface area contributed by atoms with Gasteiger partial charge in [-0.2, -0.15) is 4.80 Å². The van der Waals surface area contributed by atoms with Gasteiger partial charge in [-0.1, -0.05) is 0 Å². The van der Waals surface area contributed by atoms with Crippen LogP contribution in [0.15, 0.2) is 34.9 Å². The van der Waals surface area contributed by atoms with Crippen molar-refractivity contribution in [2.45, 2.75) is 6.54 Å². The van der Waals surface area contributed by atoms with Gasteiger partial charge >= 0.3 is 0 Å². The van der Waals surface area contributed by atoms with Crippen molar-refractivity contribution in [1.82, 2.24) is 25.6 Å². The van der Waals surface area contributed by atoms with Crippen molar-refractivity contribution in [3.63, 3.8) is 0 Å². The summed E-state index contributed by atoms with van der Waals surface area (Å²) in [6.45, 7) is 0.427. The fraction of sp³-hybridized carbons (Fsp3) is 0.0909. The number of nitrogens with zero attached hydrogens (tertiary/aromatic N) is 4. The molecule has 0 unspecified atom stereocenters. The second kappa shape index (κ2) is 5.23. The number of furan rings is 1. The molecule has 8 nitrogen and oxygen atoms in total. The van der Waals surface area contributed by atoms with Crippen molar-refractivity contribution in [2.24, 2.45) is 5.84 Å². The van der Waals surface area contributed by atoms with Crippen molar-refractivity contribution < 1.29 is 9.21 Å². The van der Waals surface area contributed by atoms with Crippen molar-refractivity contribution >= 4 is 17.2 Å². The number of hydrogen-bond acceptors (Lipinski definition) is 7. The number of hydrogen-bond donors (Lipinski definition) is 2. The molecule has 9 heteroatoms. The Morgan fingerprint density at radius 3 is 3.10 bits per heavy atom. The Bertz CT molecular complexity index is 717. The van der Waals surface area contributed by atoms with Gasteiger partial charge in [-0.15, -0.1) is 21.5 Å². The number of nitrogen functional groups attached to an aromatic ring is 1. The molecule has 1 amide bonds. The molecule has 3 rings (SSSR count). The predicted octanol–water partition coefficient (Wildman–Crippen LogP) is 0.646. The first kappa shape index (κ1) is 12.5. The van der Waals surface area contributed by atoms with E-state index in [2.05, 4.69) is 20.8 Å². The molecule has 0 atom stereocenters. The predicted molar refractivity (Wildman–Crippen MR) is 70.6 cm³/mol. The highest BCUT2D eigenvalue weighted by Crippen LogP contribution is 2.18. The van der Waals surface area contributed by atoms with E-state index in [-0.39, 0.29) is 5.91 Å². The Morgan fingerprint density at radius 1 is 1.45 bits per heavy atom. The van der Waals surface area contributed by atoms with Gasteiger partial charge in [-0.3, -0.25) is 10.2 Å². The number of nitrogens with one attached hydrogen (secondary N) is 1. The summed E-state index contributed by atoms with van der Waals surface area (Å²) in [5.41, 5.74) is 2.09. The molecule has 0 radical (unpaired) electrons. The minimum atomic E-state index is -0.316. The largest absolute Gasteiger partial charge is 0.461 e. The topological polar surface area (TPSA) is 112 Å². The van der Waals surface area contributed by atoms with Crippen molar-refractivity contribution in [2.75, 3.05) is 0 Å². The van der Waals surface area contributed by atoms with E-state index >= 15 is 0 Å². The van der Waals surface area contributed by atoms with Crippen molar-refractivity contribution in [3.8, 4) is 11.6 Å². The van der Waals surface area contributed by atoms with Gasteiger partial charge in [0.25, 0.3) is 5.91 Å². The van der Waals surface area contributed by atoms with Gasteiger partial charge in [0.2, 0.25) is 5.82 Å². The summed E-state index contributed by atoms with van der Waals surface area (Å²) in [6, 6.07) is 7.04. The number of carbonyl (C=O) groups excluding carboxylic acids is 1. The van der Waals surface area contributed by atoms with Crippen LogP contribution in [0.4, 0.5) is 0 Å². The zero-order chi connectivity index (χ0) is 13.9. The minimum absolute atomic E-state index is 0.316. The Kier molecular flexibility index (Phi) is 3.27. The lowest BCUT2D eigenvalue weighted by Gasteiger charge is -1.95. The molecule has 3 N–H and O–H groups in total. The van der Waals surface area contributed by atoms with Gasteiger partial charge in [0, 0.05) is 4.88 Å². The molecule has 0 aromatic carbocycles. The summed E-state index contributed by atoms with van der Waals surface area (Å²) in [6.07, 6.45) is 1.55. The third-order valence-corrected chi connectivity index (χ3v) is 3.58. The number of tetrazole rings is 1. The highest BCUT2D eigenvalue weighted by atomic mass is 32.1. The fourth-order valence-electron chi connectivity index (χ4n) is 1.61. The SMILES string of the molecule is NNC(=O)c1ccc(Cn2nnc(-c3ccco3)n2)s1. The number of amides is 1. The lowest BCUT2D eigenvalue weighted by Crippen LogP contribution is -2.29. The molecule has 0 spiro atoms. The number of rotatable bonds is 4. The zero-order valence-corrected chi connectivity index (χ0v) is 11.0. The molecule has 0 aliphatic rings. The Balaban J connectivity index is 1.75. The molecular formula is C11H10N6O2S. The van der Waals surface area contributed by atoms with Gasteiger partial charge in [-0.05, 0) is 29.5 Å². The van der Waals surface area contributed by atoms with E-state index in [0.29, 0.717) is 23.0 Å². The fourth-order valence-corrected chi connectivity index (χ4v) is 2.50. The highest BCUT2D eigenvalue weighted by Gasteiger charge is 2.11. The average Bonchev–Trinajstić information content (AvgIpc) is 3.19. The van der Waals surface area contributed by atoms with E-state index in [1.54, 1.807) is 24.5 Å². The van der Waals surface area contributed by atoms with Crippen LogP contribution in [-0.2, 0) is 6.54 Å². The van der Waals surface area contributed by atoms with Crippen LogP contribution in [0.25, 0.3) is 11.6 Å². The van der Waals surface area contributed by atoms with Gasteiger partial charge < -0.3 is 4.42 Å². The smallest absolute Gasteiger partial charge is 0.275 e. The summed E-state index contributed by atoms with van der Waals surface area (Å²) in [7, 11) is 0. The molecule has 0 fully saturated rings. The van der Waals surface area contributed by atoms with Crippen LogP contribution < -0.4 is 11.3 Å². The minimum Gasteiger partial charge on any atom is -0.461 e. The molecule has 20 heavy (non-hydrogen) atoms. The molecule has 0 aliphatic carbocycles. The molecular weight excluding hydrogens is 280 g/mol. The van der Waals surface area contributed by atoms with Gasteiger partial charge in [-0.25, -0.2) is 5.84 Å². The third-order valence-electron chi connectivity index (χ3n) is 2.51. The van der Waals surface area contributed by atoms with Crippen LogP contribution >= 0.6 is 11.3 Å². The van der Waals surface area contributed by atoms with Crippen LogP contribution in [0.1, 0.15) is 14.5 Å². The molecule has 3 aromatic heterocycles. The van der Waals surface area contributed by atoms with Gasteiger partial charge in [0.15, 0.2) is 5.76 Å². The van der Waals surface area contributed by atoms with E-state index < -0.39 is 0 Å². The monoisotopic (exact) mass is 290 g/mol. The summed E-state index contributed by atoms with van der Waals surface area (Å²) >= 11 is 1.32. The maximum absolute atomic E-state index is 11.4. The first-order valence-electron chi connectivity index (χ1n) is 5.67. The van der Waals surface area contributed by atoms with Gasteiger partial charge in [0.05, 0.1) is 17.7 Å². The number of thiophene rings is 1. The van der Waals surface area contributed by atoms with Crippen LogP contribution in [0.3, 0.4) is 0 Å². The average molecular weight is 290 g/mol. The van der Waals surface area contributed by atoms with E-state index in [4.69, 9.17) is 10.3 Å². The van der Waals surface area contributed by atoms with Crippen LogP contribution in [0.5, 0.6) is 0 Å². The highest BCUT2D eigenvalue weighted by molar-refractivity contribution is 7.14. The van der Waals surface area contributed by atoms with E-state index in [9.17, 15) is 4.79 Å². The Labute approximate surface area is 117 Å². The maximum Gasteiger partial charge on any atom is 0.275 e. The molecule has 0 saturated heterocycles. The summed E-state index contributed by atoms with van der Waals surface area (Å²) in [5.74, 6) is 5.75.